The third-order valence-electron chi connectivity index (χ3n) is 5.15. The molecule has 2 amide bonds. The van der Waals surface area contributed by atoms with E-state index < -0.39 is 16.1 Å². The maximum absolute atomic E-state index is 12.9. The fourth-order valence-corrected chi connectivity index (χ4v) is 5.63. The molecule has 0 aliphatic carbocycles. The number of hydrogen-bond acceptors (Lipinski definition) is 5. The molecule has 2 aliphatic rings. The zero-order valence-electron chi connectivity index (χ0n) is 17.1. The minimum Gasteiger partial charge on any atom is -0.373 e. The highest BCUT2D eigenvalue weighted by molar-refractivity contribution is 7.86. The van der Waals surface area contributed by atoms with Gasteiger partial charge in [-0.15, -0.1) is 0 Å². The highest BCUT2D eigenvalue weighted by Gasteiger charge is 2.37. The number of amides is 2. The second-order valence-corrected chi connectivity index (χ2v) is 9.86. The van der Waals surface area contributed by atoms with Crippen LogP contribution in [0.2, 0.25) is 5.02 Å². The van der Waals surface area contributed by atoms with E-state index in [1.165, 1.54) is 8.61 Å². The Labute approximate surface area is 182 Å². The van der Waals surface area contributed by atoms with Crippen LogP contribution in [0.1, 0.15) is 24.2 Å². The Morgan fingerprint density at radius 3 is 2.27 bits per heavy atom. The lowest BCUT2D eigenvalue weighted by atomic mass is 10.2. The predicted molar refractivity (Wildman–Crippen MR) is 112 cm³/mol. The molecule has 0 saturated carbocycles. The Morgan fingerprint density at radius 1 is 1.07 bits per heavy atom. The molecule has 1 aromatic carbocycles. The monoisotopic (exact) mass is 458 g/mol. The number of carbonyl (C=O) groups is 2. The van der Waals surface area contributed by atoms with E-state index in [0.29, 0.717) is 23.7 Å². The van der Waals surface area contributed by atoms with Crippen molar-refractivity contribution in [3.63, 3.8) is 0 Å². The minimum absolute atomic E-state index is 0.159. The first-order valence-corrected chi connectivity index (χ1v) is 11.7. The second-order valence-electron chi connectivity index (χ2n) is 7.52. The molecule has 30 heavy (non-hydrogen) atoms. The number of morpholine rings is 1. The van der Waals surface area contributed by atoms with Crippen molar-refractivity contribution >= 4 is 33.6 Å². The van der Waals surface area contributed by atoms with Crippen molar-refractivity contribution in [3.8, 4) is 0 Å². The molecule has 1 aromatic rings. The van der Waals surface area contributed by atoms with Crippen LogP contribution in [0.4, 0.5) is 0 Å². The van der Waals surface area contributed by atoms with Crippen LogP contribution in [0.5, 0.6) is 0 Å². The quantitative estimate of drug-likeness (QED) is 0.695. The standard InChI is InChI=1S/C19H27ClN4O5S/c1-14-12-24(13-15(2)29-14)30(27,28)23-9-7-22(8-10-23)18(25)11-21-19(26)16-5-3-4-6-17(16)20/h3-6,14-15H,7-13H2,1-2H3,(H,21,26). The molecule has 0 spiro atoms. The van der Waals surface area contributed by atoms with Crippen molar-refractivity contribution in [2.45, 2.75) is 26.1 Å². The summed E-state index contributed by atoms with van der Waals surface area (Å²) >= 11 is 5.99. The molecule has 2 heterocycles. The van der Waals surface area contributed by atoms with Crippen molar-refractivity contribution in [1.29, 1.82) is 0 Å². The molecular weight excluding hydrogens is 432 g/mol. The lowest BCUT2D eigenvalue weighted by molar-refractivity contribution is -0.131. The zero-order chi connectivity index (χ0) is 21.9. The Bertz CT molecular complexity index is 879. The minimum atomic E-state index is -3.60. The number of nitrogens with zero attached hydrogens (tertiary/aromatic N) is 3. The van der Waals surface area contributed by atoms with Gasteiger partial charge in [0.05, 0.1) is 29.3 Å². The van der Waals surface area contributed by atoms with Crippen LogP contribution in [0, 0.1) is 0 Å². The molecule has 9 nitrogen and oxygen atoms in total. The molecule has 2 fully saturated rings. The van der Waals surface area contributed by atoms with E-state index in [2.05, 4.69) is 5.32 Å². The van der Waals surface area contributed by atoms with Gasteiger partial charge in [-0.25, -0.2) is 0 Å². The predicted octanol–water partition coefficient (Wildman–Crippen LogP) is 0.568. The number of halogens is 1. The summed E-state index contributed by atoms with van der Waals surface area (Å²) in [5.41, 5.74) is 0.303. The molecule has 2 unspecified atom stereocenters. The van der Waals surface area contributed by atoms with Crippen LogP contribution in [0.25, 0.3) is 0 Å². The fraction of sp³-hybridized carbons (Fsp3) is 0.579. The first-order valence-electron chi connectivity index (χ1n) is 9.89. The van der Waals surface area contributed by atoms with Gasteiger partial charge in [-0.3, -0.25) is 9.59 Å². The third kappa shape index (κ3) is 5.30. The third-order valence-corrected chi connectivity index (χ3v) is 7.45. The van der Waals surface area contributed by atoms with Gasteiger partial charge in [0.25, 0.3) is 16.1 Å². The van der Waals surface area contributed by atoms with Crippen LogP contribution in [0.15, 0.2) is 24.3 Å². The van der Waals surface area contributed by atoms with E-state index in [0.717, 1.165) is 0 Å². The molecule has 0 aromatic heterocycles. The molecule has 0 radical (unpaired) electrons. The van der Waals surface area contributed by atoms with Gasteiger partial charge in [0.2, 0.25) is 5.91 Å². The maximum atomic E-state index is 12.9. The van der Waals surface area contributed by atoms with Gasteiger partial charge in [0.15, 0.2) is 0 Å². The van der Waals surface area contributed by atoms with Gasteiger partial charge in [0.1, 0.15) is 0 Å². The molecular formula is C19H27ClN4O5S. The van der Waals surface area contributed by atoms with Crippen molar-refractivity contribution in [2.75, 3.05) is 45.8 Å². The van der Waals surface area contributed by atoms with Gasteiger partial charge in [-0.05, 0) is 26.0 Å². The van der Waals surface area contributed by atoms with Crippen LogP contribution >= 0.6 is 11.6 Å². The van der Waals surface area contributed by atoms with E-state index in [4.69, 9.17) is 16.3 Å². The van der Waals surface area contributed by atoms with Crippen molar-refractivity contribution in [2.24, 2.45) is 0 Å². The maximum Gasteiger partial charge on any atom is 0.282 e. The average Bonchev–Trinajstić information content (AvgIpc) is 2.71. The van der Waals surface area contributed by atoms with Crippen LogP contribution in [-0.4, -0.2) is 91.8 Å². The van der Waals surface area contributed by atoms with Gasteiger partial charge in [-0.1, -0.05) is 23.7 Å². The lowest BCUT2D eigenvalue weighted by Crippen LogP contribution is -2.58. The van der Waals surface area contributed by atoms with E-state index >= 15 is 0 Å². The Hall–Kier alpha value is -1.72. The van der Waals surface area contributed by atoms with Crippen molar-refractivity contribution in [3.05, 3.63) is 34.9 Å². The molecule has 11 heteroatoms. The normalized spacial score (nSPS) is 23.9. The molecule has 0 bridgehead atoms. The second kappa shape index (κ2) is 9.61. The van der Waals surface area contributed by atoms with E-state index in [9.17, 15) is 18.0 Å². The number of ether oxygens (including phenoxy) is 1. The van der Waals surface area contributed by atoms with E-state index in [1.54, 1.807) is 29.2 Å². The Kier molecular flexibility index (Phi) is 7.35. The highest BCUT2D eigenvalue weighted by Crippen LogP contribution is 2.19. The topological polar surface area (TPSA) is 99.3 Å². The van der Waals surface area contributed by atoms with Crippen LogP contribution in [-0.2, 0) is 19.7 Å². The lowest BCUT2D eigenvalue weighted by Gasteiger charge is -2.40. The van der Waals surface area contributed by atoms with Gasteiger partial charge in [0, 0.05) is 39.3 Å². The molecule has 3 rings (SSSR count). The first-order chi connectivity index (χ1) is 14.2. The van der Waals surface area contributed by atoms with Gasteiger partial charge in [-0.2, -0.15) is 17.0 Å². The van der Waals surface area contributed by atoms with Crippen molar-refractivity contribution in [1.82, 2.24) is 18.8 Å². The number of hydrogen-bond donors (Lipinski definition) is 1. The Balaban J connectivity index is 1.50. The number of benzene rings is 1. The van der Waals surface area contributed by atoms with Crippen molar-refractivity contribution < 1.29 is 22.7 Å². The fourth-order valence-electron chi connectivity index (χ4n) is 3.66. The van der Waals surface area contributed by atoms with E-state index in [1.807, 2.05) is 13.8 Å². The smallest absolute Gasteiger partial charge is 0.282 e. The summed E-state index contributed by atoms with van der Waals surface area (Å²) in [7, 11) is -3.60. The van der Waals surface area contributed by atoms with Crippen LogP contribution < -0.4 is 5.32 Å². The summed E-state index contributed by atoms with van der Waals surface area (Å²) in [6.45, 7) is 5.15. The van der Waals surface area contributed by atoms with E-state index in [-0.39, 0.29) is 50.8 Å². The summed E-state index contributed by atoms with van der Waals surface area (Å²) in [5.74, 6) is -0.688. The SMILES string of the molecule is CC1CN(S(=O)(=O)N2CCN(C(=O)CNC(=O)c3ccccc3Cl)CC2)CC(C)O1. The summed E-state index contributed by atoms with van der Waals surface area (Å²) in [6, 6.07) is 6.60. The molecule has 2 saturated heterocycles. The molecule has 1 N–H and O–H groups in total. The summed E-state index contributed by atoms with van der Waals surface area (Å²) in [6.07, 6.45) is -0.318. The Morgan fingerprint density at radius 2 is 1.67 bits per heavy atom. The molecule has 2 aliphatic heterocycles. The molecule has 166 valence electrons. The van der Waals surface area contributed by atoms with Gasteiger partial charge < -0.3 is 15.0 Å². The number of rotatable bonds is 5. The summed E-state index contributed by atoms with van der Waals surface area (Å²) < 4.78 is 34.3. The summed E-state index contributed by atoms with van der Waals surface area (Å²) in [4.78, 5) is 26.2. The van der Waals surface area contributed by atoms with Gasteiger partial charge >= 0.3 is 0 Å². The number of nitrogens with one attached hydrogen (secondary N) is 1. The number of piperazine rings is 1. The highest BCUT2D eigenvalue weighted by atomic mass is 35.5. The summed E-state index contributed by atoms with van der Waals surface area (Å²) in [5, 5.41) is 2.88. The zero-order valence-corrected chi connectivity index (χ0v) is 18.7. The number of carbonyl (C=O) groups excluding carboxylic acids is 2. The van der Waals surface area contributed by atoms with Crippen LogP contribution in [0.3, 0.4) is 0 Å². The largest absolute Gasteiger partial charge is 0.373 e. The molecule has 2 atom stereocenters. The average molecular weight is 459 g/mol. The first kappa shape index (κ1) is 23.0.